The summed E-state index contributed by atoms with van der Waals surface area (Å²) in [5.41, 5.74) is 0. The van der Waals surface area contributed by atoms with Crippen LogP contribution in [0.5, 0.6) is 0 Å². The highest BCUT2D eigenvalue weighted by Crippen LogP contribution is 2.24. The van der Waals surface area contributed by atoms with Crippen LogP contribution < -0.4 is 10.6 Å². The first-order chi connectivity index (χ1) is 10.0. The SMILES string of the molecule is CC(C)COCCCNC(=O)NC1CCCCC1C(=O)O. The molecular weight excluding hydrogens is 272 g/mol. The lowest BCUT2D eigenvalue weighted by molar-refractivity contribution is -0.143. The van der Waals surface area contributed by atoms with E-state index in [1.54, 1.807) is 0 Å². The van der Waals surface area contributed by atoms with Gasteiger partial charge in [0, 0.05) is 25.8 Å². The van der Waals surface area contributed by atoms with E-state index in [1.807, 2.05) is 0 Å². The van der Waals surface area contributed by atoms with Gasteiger partial charge in [-0.15, -0.1) is 0 Å². The van der Waals surface area contributed by atoms with Gasteiger partial charge in [0.1, 0.15) is 0 Å². The van der Waals surface area contributed by atoms with E-state index >= 15 is 0 Å². The minimum absolute atomic E-state index is 0.256. The smallest absolute Gasteiger partial charge is 0.315 e. The lowest BCUT2D eigenvalue weighted by atomic mass is 9.84. The molecule has 2 amide bonds. The molecule has 3 N–H and O–H groups in total. The molecule has 1 fully saturated rings. The molecule has 0 aromatic heterocycles. The zero-order valence-corrected chi connectivity index (χ0v) is 13.1. The van der Waals surface area contributed by atoms with Crippen LogP contribution in [0.25, 0.3) is 0 Å². The van der Waals surface area contributed by atoms with Gasteiger partial charge >= 0.3 is 12.0 Å². The van der Waals surface area contributed by atoms with Gasteiger partial charge in [-0.05, 0) is 25.2 Å². The Kier molecular flexibility index (Phi) is 8.12. The topological polar surface area (TPSA) is 87.7 Å². The fourth-order valence-electron chi connectivity index (χ4n) is 2.51. The summed E-state index contributed by atoms with van der Waals surface area (Å²) in [4.78, 5) is 22.9. The number of carboxylic acids is 1. The van der Waals surface area contributed by atoms with Crippen molar-refractivity contribution in [1.29, 1.82) is 0 Å². The molecule has 6 nitrogen and oxygen atoms in total. The molecule has 0 aromatic carbocycles. The molecule has 0 saturated heterocycles. The molecule has 1 saturated carbocycles. The van der Waals surface area contributed by atoms with Gasteiger partial charge in [0.25, 0.3) is 0 Å². The van der Waals surface area contributed by atoms with E-state index in [9.17, 15) is 9.59 Å². The normalized spacial score (nSPS) is 22.0. The van der Waals surface area contributed by atoms with Crippen molar-refractivity contribution in [2.45, 2.75) is 52.0 Å². The quantitative estimate of drug-likeness (QED) is 0.598. The Morgan fingerprint density at radius 3 is 2.67 bits per heavy atom. The van der Waals surface area contributed by atoms with Crippen molar-refractivity contribution in [3.8, 4) is 0 Å². The largest absolute Gasteiger partial charge is 0.481 e. The van der Waals surface area contributed by atoms with Gasteiger partial charge in [-0.2, -0.15) is 0 Å². The molecule has 1 aliphatic carbocycles. The summed E-state index contributed by atoms with van der Waals surface area (Å²) in [6, 6.07) is -0.537. The third-order valence-corrected chi connectivity index (χ3v) is 3.60. The second-order valence-corrected chi connectivity index (χ2v) is 6.06. The van der Waals surface area contributed by atoms with Crippen molar-refractivity contribution in [2.24, 2.45) is 11.8 Å². The second-order valence-electron chi connectivity index (χ2n) is 6.06. The average Bonchev–Trinajstić information content (AvgIpc) is 2.42. The highest BCUT2D eigenvalue weighted by atomic mass is 16.5. The van der Waals surface area contributed by atoms with Gasteiger partial charge in [0.05, 0.1) is 5.92 Å². The van der Waals surface area contributed by atoms with E-state index in [2.05, 4.69) is 24.5 Å². The zero-order valence-electron chi connectivity index (χ0n) is 13.1. The molecule has 21 heavy (non-hydrogen) atoms. The number of urea groups is 1. The van der Waals surface area contributed by atoms with Crippen LogP contribution in [0.15, 0.2) is 0 Å². The molecule has 0 radical (unpaired) electrons. The number of ether oxygens (including phenoxy) is 1. The molecule has 0 spiro atoms. The third-order valence-electron chi connectivity index (χ3n) is 3.60. The number of carbonyl (C=O) groups is 2. The number of carboxylic acid groups (broad SMARTS) is 1. The maximum atomic E-state index is 11.8. The Morgan fingerprint density at radius 1 is 1.29 bits per heavy atom. The Morgan fingerprint density at radius 2 is 2.00 bits per heavy atom. The maximum Gasteiger partial charge on any atom is 0.315 e. The van der Waals surface area contributed by atoms with Crippen LogP contribution in [0.1, 0.15) is 46.0 Å². The second kappa shape index (κ2) is 9.60. The van der Waals surface area contributed by atoms with Crippen molar-refractivity contribution >= 4 is 12.0 Å². The van der Waals surface area contributed by atoms with E-state index in [-0.39, 0.29) is 12.1 Å². The number of rotatable bonds is 8. The Bertz CT molecular complexity index is 334. The van der Waals surface area contributed by atoms with Crippen LogP contribution in [-0.4, -0.2) is 42.9 Å². The van der Waals surface area contributed by atoms with Crippen molar-refractivity contribution in [2.75, 3.05) is 19.8 Å². The summed E-state index contributed by atoms with van der Waals surface area (Å²) >= 11 is 0. The minimum Gasteiger partial charge on any atom is -0.481 e. The summed E-state index contributed by atoms with van der Waals surface area (Å²) in [7, 11) is 0. The van der Waals surface area contributed by atoms with Crippen molar-refractivity contribution in [1.82, 2.24) is 10.6 Å². The van der Waals surface area contributed by atoms with Gasteiger partial charge in [0.2, 0.25) is 0 Å². The molecule has 2 atom stereocenters. The molecule has 0 bridgehead atoms. The van der Waals surface area contributed by atoms with Crippen molar-refractivity contribution < 1.29 is 19.4 Å². The van der Waals surface area contributed by atoms with Crippen LogP contribution in [-0.2, 0) is 9.53 Å². The number of hydrogen-bond donors (Lipinski definition) is 3. The fraction of sp³-hybridized carbons (Fsp3) is 0.867. The Labute approximate surface area is 126 Å². The van der Waals surface area contributed by atoms with E-state index in [0.717, 1.165) is 32.3 Å². The highest BCUT2D eigenvalue weighted by molar-refractivity contribution is 5.76. The minimum atomic E-state index is -0.818. The number of nitrogens with one attached hydrogen (secondary N) is 2. The van der Waals surface area contributed by atoms with Gasteiger partial charge < -0.3 is 20.5 Å². The van der Waals surface area contributed by atoms with Crippen LogP contribution in [0.2, 0.25) is 0 Å². The first-order valence-corrected chi connectivity index (χ1v) is 7.85. The number of amides is 2. The first kappa shape index (κ1) is 17.8. The summed E-state index contributed by atoms with van der Waals surface area (Å²) in [6.45, 7) is 6.08. The van der Waals surface area contributed by atoms with Gasteiger partial charge in [0.15, 0.2) is 0 Å². The molecule has 0 aliphatic heterocycles. The monoisotopic (exact) mass is 300 g/mol. The summed E-state index contributed by atoms with van der Waals surface area (Å²) in [5, 5.41) is 14.7. The van der Waals surface area contributed by atoms with Gasteiger partial charge in [-0.1, -0.05) is 26.7 Å². The molecule has 2 unspecified atom stereocenters. The summed E-state index contributed by atoms with van der Waals surface area (Å²) in [6.07, 6.45) is 4.03. The number of carbonyl (C=O) groups excluding carboxylic acids is 1. The molecule has 6 heteroatoms. The van der Waals surface area contributed by atoms with Crippen LogP contribution in [0, 0.1) is 11.8 Å². The highest BCUT2D eigenvalue weighted by Gasteiger charge is 2.31. The Hall–Kier alpha value is -1.30. The van der Waals surface area contributed by atoms with Crippen LogP contribution in [0.4, 0.5) is 4.79 Å². The molecule has 0 heterocycles. The van der Waals surface area contributed by atoms with E-state index in [0.29, 0.717) is 25.5 Å². The number of hydrogen-bond acceptors (Lipinski definition) is 3. The predicted molar refractivity (Wildman–Crippen MR) is 80.2 cm³/mol. The van der Waals surface area contributed by atoms with Crippen LogP contribution >= 0.6 is 0 Å². The lowest BCUT2D eigenvalue weighted by Crippen LogP contribution is -2.49. The molecule has 122 valence electrons. The number of aliphatic carboxylic acids is 1. The lowest BCUT2D eigenvalue weighted by Gasteiger charge is -2.29. The van der Waals surface area contributed by atoms with E-state index < -0.39 is 11.9 Å². The van der Waals surface area contributed by atoms with E-state index in [4.69, 9.17) is 9.84 Å². The molecule has 1 aliphatic rings. The summed E-state index contributed by atoms with van der Waals surface area (Å²) in [5.74, 6) is -0.763. The van der Waals surface area contributed by atoms with Gasteiger partial charge in [-0.3, -0.25) is 4.79 Å². The van der Waals surface area contributed by atoms with Gasteiger partial charge in [-0.25, -0.2) is 4.79 Å². The first-order valence-electron chi connectivity index (χ1n) is 7.85. The molecule has 1 rings (SSSR count). The zero-order chi connectivity index (χ0) is 15.7. The van der Waals surface area contributed by atoms with Crippen LogP contribution in [0.3, 0.4) is 0 Å². The molecule has 0 aromatic rings. The van der Waals surface area contributed by atoms with Crippen molar-refractivity contribution in [3.63, 3.8) is 0 Å². The van der Waals surface area contributed by atoms with E-state index in [1.165, 1.54) is 0 Å². The average molecular weight is 300 g/mol. The summed E-state index contributed by atoms with van der Waals surface area (Å²) < 4.78 is 5.43. The fourth-order valence-corrected chi connectivity index (χ4v) is 2.51. The van der Waals surface area contributed by atoms with Crippen molar-refractivity contribution in [3.05, 3.63) is 0 Å². The molecular formula is C15H28N2O4. The third kappa shape index (κ3) is 7.32. The standard InChI is InChI=1S/C15H28N2O4/c1-11(2)10-21-9-5-8-16-15(20)17-13-7-4-3-6-12(13)14(18)19/h11-13H,3-10H2,1-2H3,(H,18,19)(H2,16,17,20). The predicted octanol–water partition coefficient (Wildman–Crippen LogP) is 1.99. The Balaban J connectivity index is 2.16. The maximum absolute atomic E-state index is 11.8.